The Hall–Kier alpha value is -2.41. The monoisotopic (exact) mass is 341 g/mol. The molecule has 0 saturated heterocycles. The third-order valence-corrected chi connectivity index (χ3v) is 4.70. The summed E-state index contributed by atoms with van der Waals surface area (Å²) in [4.78, 5) is 20.6. The second-order valence-corrected chi connectivity index (χ2v) is 6.44. The maximum absolute atomic E-state index is 12.0. The van der Waals surface area contributed by atoms with Crippen LogP contribution in [0.25, 0.3) is 16.7 Å². The Kier molecular flexibility index (Phi) is 5.10. The lowest BCUT2D eigenvalue weighted by atomic mass is 10.3. The molecule has 0 saturated carbocycles. The van der Waals surface area contributed by atoms with Crippen molar-refractivity contribution in [1.82, 2.24) is 25.1 Å². The first-order valence-corrected chi connectivity index (χ1v) is 8.84. The summed E-state index contributed by atoms with van der Waals surface area (Å²) < 4.78 is 1.78. The van der Waals surface area contributed by atoms with Crippen LogP contribution in [0.3, 0.4) is 0 Å². The van der Waals surface area contributed by atoms with E-state index in [9.17, 15) is 4.79 Å². The summed E-state index contributed by atoms with van der Waals surface area (Å²) in [7, 11) is 0. The van der Waals surface area contributed by atoms with Crippen LogP contribution in [-0.4, -0.2) is 37.5 Å². The number of carbonyl (C=O) groups is 1. The fourth-order valence-corrected chi connectivity index (χ4v) is 3.02. The third-order valence-electron chi connectivity index (χ3n) is 3.69. The molecule has 124 valence electrons. The molecule has 3 rings (SSSR count). The summed E-state index contributed by atoms with van der Waals surface area (Å²) in [6.45, 7) is 4.04. The van der Waals surface area contributed by atoms with E-state index >= 15 is 0 Å². The molecule has 0 aliphatic heterocycles. The Labute approximate surface area is 144 Å². The summed E-state index contributed by atoms with van der Waals surface area (Å²) >= 11 is 1.40. The summed E-state index contributed by atoms with van der Waals surface area (Å²) in [5, 5.41) is 8.99. The molecule has 0 aliphatic carbocycles. The van der Waals surface area contributed by atoms with E-state index in [1.165, 1.54) is 18.1 Å². The fourth-order valence-electron chi connectivity index (χ4n) is 2.25. The highest BCUT2D eigenvalue weighted by Gasteiger charge is 2.13. The van der Waals surface area contributed by atoms with Crippen LogP contribution in [0, 0.1) is 0 Å². The molecule has 0 radical (unpaired) electrons. The zero-order valence-electron chi connectivity index (χ0n) is 13.6. The average molecular weight is 341 g/mol. The fraction of sp³-hybridized carbons (Fsp3) is 0.294. The van der Waals surface area contributed by atoms with Crippen molar-refractivity contribution in [2.45, 2.75) is 31.3 Å². The normalized spacial score (nSPS) is 12.2. The molecule has 0 bridgehead atoms. The van der Waals surface area contributed by atoms with E-state index in [0.717, 1.165) is 28.2 Å². The van der Waals surface area contributed by atoms with Crippen molar-refractivity contribution >= 4 is 28.7 Å². The van der Waals surface area contributed by atoms with Crippen LogP contribution in [0.1, 0.15) is 20.3 Å². The Balaban J connectivity index is 1.81. The molecular weight excluding hydrogens is 322 g/mol. The van der Waals surface area contributed by atoms with Crippen LogP contribution in [-0.2, 0) is 4.79 Å². The van der Waals surface area contributed by atoms with Crippen molar-refractivity contribution in [2.24, 2.45) is 0 Å². The first-order valence-electron chi connectivity index (χ1n) is 7.85. The van der Waals surface area contributed by atoms with Crippen LogP contribution in [0.4, 0.5) is 0 Å². The van der Waals surface area contributed by atoms with Gasteiger partial charge in [-0.3, -0.25) is 4.79 Å². The molecule has 1 atom stereocenters. The predicted octanol–water partition coefficient (Wildman–Crippen LogP) is 2.82. The number of amides is 1. The minimum Gasteiger partial charge on any atom is -0.353 e. The van der Waals surface area contributed by atoms with E-state index in [4.69, 9.17) is 0 Å². The molecule has 0 fully saturated rings. The SMILES string of the molecule is CC[C@H](C)NC(=O)CSc1ncnc2c1cnn2-c1ccccc1. The van der Waals surface area contributed by atoms with Crippen LogP contribution in [0.15, 0.2) is 47.9 Å². The predicted molar refractivity (Wildman–Crippen MR) is 95.3 cm³/mol. The maximum Gasteiger partial charge on any atom is 0.230 e. The van der Waals surface area contributed by atoms with Crippen LogP contribution in [0.5, 0.6) is 0 Å². The smallest absolute Gasteiger partial charge is 0.230 e. The Morgan fingerprint density at radius 1 is 1.29 bits per heavy atom. The number of nitrogens with one attached hydrogen (secondary N) is 1. The number of para-hydroxylation sites is 1. The van der Waals surface area contributed by atoms with Gasteiger partial charge in [-0.15, -0.1) is 0 Å². The molecule has 3 aromatic rings. The number of benzene rings is 1. The lowest BCUT2D eigenvalue weighted by molar-refractivity contribution is -0.119. The van der Waals surface area contributed by atoms with Gasteiger partial charge in [0.25, 0.3) is 0 Å². The van der Waals surface area contributed by atoms with E-state index in [-0.39, 0.29) is 11.9 Å². The van der Waals surface area contributed by atoms with Crippen molar-refractivity contribution in [3.8, 4) is 5.69 Å². The van der Waals surface area contributed by atoms with Gasteiger partial charge in [-0.2, -0.15) is 5.10 Å². The molecule has 0 unspecified atom stereocenters. The molecular formula is C17H19N5OS. The Morgan fingerprint density at radius 2 is 2.08 bits per heavy atom. The maximum atomic E-state index is 12.0. The van der Waals surface area contributed by atoms with Gasteiger partial charge in [0.2, 0.25) is 5.91 Å². The number of rotatable bonds is 6. The van der Waals surface area contributed by atoms with E-state index in [2.05, 4.69) is 20.4 Å². The molecule has 0 spiro atoms. The highest BCUT2D eigenvalue weighted by atomic mass is 32.2. The van der Waals surface area contributed by atoms with Gasteiger partial charge in [0.15, 0.2) is 5.65 Å². The second-order valence-electron chi connectivity index (χ2n) is 5.47. The Bertz CT molecular complexity index is 833. The van der Waals surface area contributed by atoms with Crippen molar-refractivity contribution in [3.05, 3.63) is 42.9 Å². The lowest BCUT2D eigenvalue weighted by Gasteiger charge is -2.10. The summed E-state index contributed by atoms with van der Waals surface area (Å²) in [6.07, 6.45) is 4.17. The largest absolute Gasteiger partial charge is 0.353 e. The van der Waals surface area contributed by atoms with Crippen LogP contribution in [0.2, 0.25) is 0 Å². The van der Waals surface area contributed by atoms with Crippen molar-refractivity contribution in [3.63, 3.8) is 0 Å². The molecule has 1 amide bonds. The number of aromatic nitrogens is 4. The quantitative estimate of drug-likeness (QED) is 0.551. The Morgan fingerprint density at radius 3 is 2.83 bits per heavy atom. The number of fused-ring (bicyclic) bond motifs is 1. The van der Waals surface area contributed by atoms with Gasteiger partial charge >= 0.3 is 0 Å². The summed E-state index contributed by atoms with van der Waals surface area (Å²) in [5.74, 6) is 0.337. The van der Waals surface area contributed by atoms with E-state index in [0.29, 0.717) is 5.75 Å². The second kappa shape index (κ2) is 7.44. The molecule has 7 heteroatoms. The zero-order valence-corrected chi connectivity index (χ0v) is 14.5. The van der Waals surface area contributed by atoms with Gasteiger partial charge in [0.05, 0.1) is 23.0 Å². The summed E-state index contributed by atoms with van der Waals surface area (Å²) in [6, 6.07) is 10.0. The molecule has 0 aliphatic rings. The first kappa shape index (κ1) is 16.4. The van der Waals surface area contributed by atoms with Gasteiger partial charge < -0.3 is 5.32 Å². The van der Waals surface area contributed by atoms with E-state index < -0.39 is 0 Å². The van der Waals surface area contributed by atoms with Crippen molar-refractivity contribution in [1.29, 1.82) is 0 Å². The van der Waals surface area contributed by atoms with Crippen LogP contribution < -0.4 is 5.32 Å². The zero-order chi connectivity index (χ0) is 16.9. The minimum atomic E-state index is 0.0107. The minimum absolute atomic E-state index is 0.0107. The van der Waals surface area contributed by atoms with E-state index in [1.54, 1.807) is 10.9 Å². The highest BCUT2D eigenvalue weighted by molar-refractivity contribution is 8.00. The number of hydrogen-bond acceptors (Lipinski definition) is 5. The van der Waals surface area contributed by atoms with Gasteiger partial charge in [0, 0.05) is 6.04 Å². The summed E-state index contributed by atoms with van der Waals surface area (Å²) in [5.41, 5.74) is 1.68. The number of nitrogens with zero attached hydrogens (tertiary/aromatic N) is 4. The molecule has 2 heterocycles. The lowest BCUT2D eigenvalue weighted by Crippen LogP contribution is -2.33. The molecule has 2 aromatic heterocycles. The number of thioether (sulfide) groups is 1. The first-order chi connectivity index (χ1) is 11.7. The molecule has 1 N–H and O–H groups in total. The van der Waals surface area contributed by atoms with Crippen molar-refractivity contribution in [2.75, 3.05) is 5.75 Å². The van der Waals surface area contributed by atoms with Gasteiger partial charge in [-0.05, 0) is 25.5 Å². The third kappa shape index (κ3) is 3.56. The average Bonchev–Trinajstić information content (AvgIpc) is 3.05. The van der Waals surface area contributed by atoms with Gasteiger partial charge in [-0.25, -0.2) is 14.6 Å². The topological polar surface area (TPSA) is 72.7 Å². The highest BCUT2D eigenvalue weighted by Crippen LogP contribution is 2.25. The van der Waals surface area contributed by atoms with Gasteiger partial charge in [-0.1, -0.05) is 36.9 Å². The van der Waals surface area contributed by atoms with Gasteiger partial charge in [0.1, 0.15) is 11.4 Å². The molecule has 6 nitrogen and oxygen atoms in total. The standard InChI is InChI=1S/C17H19N5OS/c1-3-12(2)21-15(23)10-24-17-14-9-20-22(16(14)18-11-19-17)13-7-5-4-6-8-13/h4-9,11-12H,3,10H2,1-2H3,(H,21,23)/t12-/m0/s1. The number of hydrogen-bond donors (Lipinski definition) is 1. The van der Waals surface area contributed by atoms with Crippen LogP contribution >= 0.6 is 11.8 Å². The van der Waals surface area contributed by atoms with E-state index in [1.807, 2.05) is 44.2 Å². The molecule has 1 aromatic carbocycles. The van der Waals surface area contributed by atoms with Crippen molar-refractivity contribution < 1.29 is 4.79 Å². The molecule has 24 heavy (non-hydrogen) atoms. The number of carbonyl (C=O) groups excluding carboxylic acids is 1.